The van der Waals surface area contributed by atoms with E-state index in [-0.39, 0.29) is 0 Å². The van der Waals surface area contributed by atoms with Gasteiger partial charge in [-0.25, -0.2) is 0 Å². The maximum atomic E-state index is 2.41. The molecule has 1 fully saturated rings. The Morgan fingerprint density at radius 2 is 1.92 bits per heavy atom. The molecule has 0 saturated carbocycles. The van der Waals surface area contributed by atoms with Crippen LogP contribution in [0.4, 0.5) is 0 Å². The molecule has 1 atom stereocenters. The lowest BCUT2D eigenvalue weighted by molar-refractivity contribution is 0.381. The Morgan fingerprint density at radius 3 is 2.46 bits per heavy atom. The summed E-state index contributed by atoms with van der Waals surface area (Å²) in [7, 11) is 2.20. The van der Waals surface area contributed by atoms with E-state index in [1.54, 1.807) is 0 Å². The van der Waals surface area contributed by atoms with Crippen molar-refractivity contribution >= 4 is 0 Å². The molecule has 13 heavy (non-hydrogen) atoms. The van der Waals surface area contributed by atoms with Crippen molar-refractivity contribution in [1.82, 2.24) is 4.90 Å². The zero-order chi connectivity index (χ0) is 9.31. The number of hydrogen-bond donors (Lipinski definition) is 0. The third-order valence-electron chi connectivity index (χ3n) is 3.13. The molecular formula is C12H17N. The minimum Gasteiger partial charge on any atom is -0.305 e. The van der Waals surface area contributed by atoms with Crippen LogP contribution >= 0.6 is 0 Å². The van der Waals surface area contributed by atoms with E-state index in [4.69, 9.17) is 0 Å². The first-order chi connectivity index (χ1) is 6.21. The van der Waals surface area contributed by atoms with E-state index in [0.717, 1.165) is 0 Å². The predicted molar refractivity (Wildman–Crippen MR) is 55.9 cm³/mol. The lowest BCUT2D eigenvalue weighted by Gasteiger charge is -2.24. The summed E-state index contributed by atoms with van der Waals surface area (Å²) >= 11 is 0. The number of likely N-dealkylation sites (tertiary alicyclic amines) is 1. The Hall–Kier alpha value is -0.820. The molecule has 70 valence electrons. The molecule has 0 amide bonds. The fraction of sp³-hybridized carbons (Fsp3) is 0.500. The van der Waals surface area contributed by atoms with Crippen LogP contribution in [-0.4, -0.2) is 25.0 Å². The van der Waals surface area contributed by atoms with Gasteiger partial charge in [0.25, 0.3) is 0 Å². The average Bonchev–Trinajstić information content (AvgIpc) is 2.49. The summed E-state index contributed by atoms with van der Waals surface area (Å²) in [5, 5.41) is 0. The van der Waals surface area contributed by atoms with Crippen molar-refractivity contribution in [3.63, 3.8) is 0 Å². The molecular weight excluding hydrogens is 158 g/mol. The number of benzene rings is 1. The number of nitrogens with zero attached hydrogens (tertiary/aromatic N) is 1. The predicted octanol–water partition coefficient (Wildman–Crippen LogP) is 2.28. The van der Waals surface area contributed by atoms with Crippen LogP contribution in [0.2, 0.25) is 0 Å². The van der Waals surface area contributed by atoms with Crippen molar-refractivity contribution in [1.29, 1.82) is 0 Å². The molecule has 0 unspecified atom stereocenters. The van der Waals surface area contributed by atoms with Gasteiger partial charge in [-0.1, -0.05) is 37.3 Å². The van der Waals surface area contributed by atoms with Gasteiger partial charge in [-0.2, -0.15) is 0 Å². The molecule has 1 nitrogen and oxygen atoms in total. The smallest absolute Gasteiger partial charge is 0.00734 e. The molecule has 1 aromatic rings. The van der Waals surface area contributed by atoms with Crippen molar-refractivity contribution in [3.05, 3.63) is 35.9 Å². The number of likely N-dealkylation sites (N-methyl/N-ethyl adjacent to an activating group) is 1. The fourth-order valence-corrected chi connectivity index (χ4v) is 2.27. The highest BCUT2D eigenvalue weighted by atomic mass is 15.1. The Kier molecular flexibility index (Phi) is 2.12. The normalized spacial score (nSPS) is 29.4. The highest BCUT2D eigenvalue weighted by molar-refractivity contribution is 5.26. The van der Waals surface area contributed by atoms with Crippen molar-refractivity contribution in [3.8, 4) is 0 Å². The SMILES string of the molecule is CN1CC[C@](C)(c2ccccc2)C1. The Labute approximate surface area is 80.4 Å². The summed E-state index contributed by atoms with van der Waals surface area (Å²) in [4.78, 5) is 2.41. The van der Waals surface area contributed by atoms with Gasteiger partial charge >= 0.3 is 0 Å². The maximum absolute atomic E-state index is 2.41. The minimum absolute atomic E-state index is 0.385. The third-order valence-corrected chi connectivity index (χ3v) is 3.13. The third kappa shape index (κ3) is 1.61. The van der Waals surface area contributed by atoms with Crippen LogP contribution in [0.5, 0.6) is 0 Å². The highest BCUT2D eigenvalue weighted by Gasteiger charge is 2.33. The van der Waals surface area contributed by atoms with Gasteiger partial charge in [-0.3, -0.25) is 0 Å². The Morgan fingerprint density at radius 1 is 1.23 bits per heavy atom. The van der Waals surface area contributed by atoms with E-state index in [0.29, 0.717) is 5.41 Å². The quantitative estimate of drug-likeness (QED) is 0.633. The van der Waals surface area contributed by atoms with E-state index in [1.807, 2.05) is 0 Å². The van der Waals surface area contributed by atoms with E-state index in [9.17, 15) is 0 Å². The van der Waals surface area contributed by atoms with E-state index >= 15 is 0 Å². The molecule has 0 aliphatic carbocycles. The lowest BCUT2D eigenvalue weighted by Crippen LogP contribution is -2.25. The molecule has 0 radical (unpaired) electrons. The topological polar surface area (TPSA) is 3.24 Å². The van der Waals surface area contributed by atoms with Crippen LogP contribution < -0.4 is 0 Å². The molecule has 1 heteroatoms. The summed E-state index contributed by atoms with van der Waals surface area (Å²) in [6.45, 7) is 4.79. The van der Waals surface area contributed by atoms with Crippen molar-refractivity contribution < 1.29 is 0 Å². The maximum Gasteiger partial charge on any atom is 0.00734 e. The summed E-state index contributed by atoms with van der Waals surface area (Å²) in [6.07, 6.45) is 1.29. The molecule has 1 aliphatic heterocycles. The van der Waals surface area contributed by atoms with Gasteiger partial charge in [-0.05, 0) is 25.6 Å². The first-order valence-electron chi connectivity index (χ1n) is 4.95. The van der Waals surface area contributed by atoms with Gasteiger partial charge < -0.3 is 4.90 Å². The highest BCUT2D eigenvalue weighted by Crippen LogP contribution is 2.32. The van der Waals surface area contributed by atoms with Crippen LogP contribution in [-0.2, 0) is 5.41 Å². The second-order valence-corrected chi connectivity index (χ2v) is 4.41. The molecule has 0 bridgehead atoms. The lowest BCUT2D eigenvalue weighted by atomic mass is 9.82. The summed E-state index contributed by atoms with van der Waals surface area (Å²) in [5.74, 6) is 0. The van der Waals surface area contributed by atoms with Crippen LogP contribution in [0.3, 0.4) is 0 Å². The molecule has 2 rings (SSSR count). The molecule has 1 aromatic carbocycles. The largest absolute Gasteiger partial charge is 0.305 e. The molecule has 0 N–H and O–H groups in total. The zero-order valence-corrected chi connectivity index (χ0v) is 8.46. The van der Waals surface area contributed by atoms with Crippen LogP contribution in [0, 0.1) is 0 Å². The van der Waals surface area contributed by atoms with Crippen molar-refractivity contribution in [2.75, 3.05) is 20.1 Å². The van der Waals surface area contributed by atoms with E-state index in [1.165, 1.54) is 25.1 Å². The van der Waals surface area contributed by atoms with E-state index < -0.39 is 0 Å². The van der Waals surface area contributed by atoms with Crippen molar-refractivity contribution in [2.24, 2.45) is 0 Å². The molecule has 1 saturated heterocycles. The standard InChI is InChI=1S/C12H17N/c1-12(8-9-13(2)10-12)11-6-4-3-5-7-11/h3-7H,8-10H2,1-2H3/t12-/m0/s1. The zero-order valence-electron chi connectivity index (χ0n) is 8.46. The Balaban J connectivity index is 2.26. The average molecular weight is 175 g/mol. The summed E-state index contributed by atoms with van der Waals surface area (Å²) < 4.78 is 0. The first-order valence-corrected chi connectivity index (χ1v) is 4.95. The first kappa shape index (κ1) is 8.76. The van der Waals surface area contributed by atoms with Crippen LogP contribution in [0.15, 0.2) is 30.3 Å². The molecule has 0 spiro atoms. The van der Waals surface area contributed by atoms with Gasteiger partial charge in [0.1, 0.15) is 0 Å². The summed E-state index contributed by atoms with van der Waals surface area (Å²) in [6, 6.07) is 10.9. The number of rotatable bonds is 1. The van der Waals surface area contributed by atoms with Gasteiger partial charge in [0.2, 0.25) is 0 Å². The van der Waals surface area contributed by atoms with Gasteiger partial charge in [0.05, 0.1) is 0 Å². The minimum atomic E-state index is 0.385. The monoisotopic (exact) mass is 175 g/mol. The number of hydrogen-bond acceptors (Lipinski definition) is 1. The molecule has 0 aromatic heterocycles. The second kappa shape index (κ2) is 3.15. The van der Waals surface area contributed by atoms with E-state index in [2.05, 4.69) is 49.2 Å². The van der Waals surface area contributed by atoms with Crippen molar-refractivity contribution in [2.45, 2.75) is 18.8 Å². The Bertz CT molecular complexity index is 280. The van der Waals surface area contributed by atoms with Gasteiger partial charge in [0, 0.05) is 12.0 Å². The molecule has 1 aliphatic rings. The van der Waals surface area contributed by atoms with Gasteiger partial charge in [0.15, 0.2) is 0 Å². The summed E-state index contributed by atoms with van der Waals surface area (Å²) in [5.41, 5.74) is 1.87. The van der Waals surface area contributed by atoms with Gasteiger partial charge in [-0.15, -0.1) is 0 Å². The fourth-order valence-electron chi connectivity index (χ4n) is 2.27. The van der Waals surface area contributed by atoms with Crippen LogP contribution in [0.1, 0.15) is 18.9 Å². The molecule has 1 heterocycles. The second-order valence-electron chi connectivity index (χ2n) is 4.41. The van der Waals surface area contributed by atoms with Crippen LogP contribution in [0.25, 0.3) is 0 Å².